The molecule has 2 aliphatic heterocycles. The lowest BCUT2D eigenvalue weighted by molar-refractivity contribution is -0.120. The van der Waals surface area contributed by atoms with Crippen molar-refractivity contribution in [2.24, 2.45) is 20.5 Å². The van der Waals surface area contributed by atoms with E-state index >= 15 is 0 Å². The minimum absolute atomic E-state index is 0.0467. The van der Waals surface area contributed by atoms with Crippen molar-refractivity contribution >= 4 is 169 Å². The van der Waals surface area contributed by atoms with Crippen LogP contribution in [0.2, 0.25) is 0 Å². The van der Waals surface area contributed by atoms with Crippen molar-refractivity contribution in [3.05, 3.63) is 142 Å². The molecule has 0 radical (unpaired) electrons. The molecule has 3 aromatic heterocycles. The molecule has 2 aliphatic rings. The molecule has 32 heteroatoms. The summed E-state index contributed by atoms with van der Waals surface area (Å²) in [6, 6.07) is 31.4. The maximum Gasteiger partial charge on any atom is 0.294 e. The minimum Gasteiger partial charge on any atom is -0.372 e. The summed E-state index contributed by atoms with van der Waals surface area (Å²) in [7, 11) is -9.17. The van der Waals surface area contributed by atoms with Gasteiger partial charge in [0.05, 0.1) is 42.1 Å². The summed E-state index contributed by atoms with van der Waals surface area (Å²) in [5.74, 6) is -0.894. The zero-order chi connectivity index (χ0) is 71.1. The average Bonchev–Trinajstić information content (AvgIpc) is 1.53. The van der Waals surface area contributed by atoms with Gasteiger partial charge in [-0.2, -0.15) is 41.8 Å². The van der Waals surface area contributed by atoms with Gasteiger partial charge in [0.25, 0.3) is 32.1 Å². The van der Waals surface area contributed by atoms with E-state index in [-0.39, 0.29) is 44.7 Å². The summed E-state index contributed by atoms with van der Waals surface area (Å²) < 4.78 is 67.0. The van der Waals surface area contributed by atoms with E-state index in [4.69, 9.17) is 35.1 Å². The maximum atomic E-state index is 13.8. The SMILES string of the molecule is CCN(CC)c1ccc(N=Nc2nc(N3CCCCC3)c(C=C(C(C)=O)C(=O)Nc3cccc(S(=O)(=O)O)c3)s2)c(Nc2nc(Nc3cc(N(CC)CC)ccc3N=Nc3nc(N4CCCCC4)c(C=C(C(C)=O)C(=O)Nc4cccc(S(=O)(=O)O)c4)s3)nc(SCc3ccccc3)n2)c1. The number of carbonyl (C=O) groups is 4. The van der Waals surface area contributed by atoms with Crippen molar-refractivity contribution in [2.45, 2.75) is 101 Å². The van der Waals surface area contributed by atoms with E-state index < -0.39 is 53.4 Å². The third kappa shape index (κ3) is 19.2. The Kier molecular flexibility index (Phi) is 24.4. The van der Waals surface area contributed by atoms with Crippen LogP contribution in [0.1, 0.15) is 95.4 Å². The number of hydrogen-bond donors (Lipinski definition) is 6. The van der Waals surface area contributed by atoms with E-state index in [1.54, 1.807) is 0 Å². The van der Waals surface area contributed by atoms with Crippen LogP contribution in [0.25, 0.3) is 12.2 Å². The van der Waals surface area contributed by atoms with Gasteiger partial charge in [-0.25, -0.2) is 0 Å². The topological polar surface area (TPSA) is 352 Å². The molecule has 0 saturated carbocycles. The van der Waals surface area contributed by atoms with Crippen LogP contribution in [0.3, 0.4) is 0 Å². The van der Waals surface area contributed by atoms with Gasteiger partial charge in [-0.3, -0.25) is 28.3 Å². The number of rotatable bonds is 29. The summed E-state index contributed by atoms with van der Waals surface area (Å²) in [5, 5.41) is 31.9. The highest BCUT2D eigenvalue weighted by Crippen LogP contribution is 2.41. The number of aromatic nitrogens is 5. The van der Waals surface area contributed by atoms with Crippen LogP contribution in [-0.4, -0.2) is 127 Å². The second-order valence-electron chi connectivity index (χ2n) is 23.0. The van der Waals surface area contributed by atoms with Crippen molar-refractivity contribution in [3.8, 4) is 0 Å². The first kappa shape index (κ1) is 73.0. The number of carbonyl (C=O) groups excluding carboxylic acids is 4. The summed E-state index contributed by atoms with van der Waals surface area (Å²) in [6.45, 7) is 16.2. The van der Waals surface area contributed by atoms with Crippen LogP contribution < -0.4 is 40.9 Å². The quantitative estimate of drug-likeness (QED) is 0.00633. The number of piperidine rings is 2. The average molecular weight is 1450 g/mol. The van der Waals surface area contributed by atoms with Crippen molar-refractivity contribution < 1.29 is 45.1 Å². The second-order valence-corrected chi connectivity index (χ2v) is 28.8. The number of ketones is 2. The number of Topliss-reactive ketones (excluding diaryl/α,β-unsaturated/α-hetero) is 2. The molecule has 0 spiro atoms. The second kappa shape index (κ2) is 33.4. The van der Waals surface area contributed by atoms with Crippen LogP contribution in [-0.2, 0) is 45.2 Å². The molecule has 8 aromatic rings. The fraction of sp³-hybridized carbons (Fsp3) is 0.309. The van der Waals surface area contributed by atoms with E-state index in [9.17, 15) is 45.1 Å². The standard InChI is InChI=1S/C68H75N17O10S5/c1-7-82(8-2)48-28-30-54(78-80-67-73-60(84-32-16-12-17-33-84)58(97-67)40-52(43(5)86)62(88)69-46-24-20-26-50(36-46)99(90,91)92)56(38-48)71-64-75-65(77-66(76-64)96-42-45-22-14-11-15-23-45)72-57-39-49(83(9-3)10-4)29-31-55(57)79-81-68-74-61(85-34-18-13-19-35-85)59(98-68)41-53(44(6)87)63(89)70-47-25-21-27-51(37-47)100(93,94)95/h11,14-15,20-31,36-41H,7-10,12-13,16-19,32-35,42H2,1-6H3,(H,69,88)(H,70,89)(H,90,91,92)(H,93,94,95)(H2,71,72,75,76,77). The smallest absolute Gasteiger partial charge is 0.294 e. The lowest BCUT2D eigenvalue weighted by Crippen LogP contribution is -2.30. The number of hydrogen-bond acceptors (Lipinski definition) is 26. The zero-order valence-corrected chi connectivity index (χ0v) is 59.8. The summed E-state index contributed by atoms with van der Waals surface area (Å²) in [6.07, 6.45) is 8.50. The van der Waals surface area contributed by atoms with Gasteiger partial charge in [-0.05, 0) is 171 Å². The van der Waals surface area contributed by atoms with E-state index in [0.717, 1.165) is 90.3 Å². The Balaban J connectivity index is 1.01. The van der Waals surface area contributed by atoms with E-state index in [1.807, 2.05) is 66.7 Å². The molecule has 5 heterocycles. The Morgan fingerprint density at radius 2 is 0.950 bits per heavy atom. The molecule has 100 heavy (non-hydrogen) atoms. The lowest BCUT2D eigenvalue weighted by Gasteiger charge is -2.27. The van der Waals surface area contributed by atoms with Gasteiger partial charge in [0.1, 0.15) is 23.0 Å². The molecular formula is C68H75N17O10S5. The monoisotopic (exact) mass is 1450 g/mol. The predicted molar refractivity (Wildman–Crippen MR) is 394 cm³/mol. The Hall–Kier alpha value is -9.70. The van der Waals surface area contributed by atoms with Gasteiger partial charge in [-0.1, -0.05) is 76.9 Å². The fourth-order valence-electron chi connectivity index (χ4n) is 11.0. The normalized spacial score (nSPS) is 14.0. The van der Waals surface area contributed by atoms with Gasteiger partial charge in [-0.15, -0.1) is 20.5 Å². The molecule has 5 aromatic carbocycles. The van der Waals surface area contributed by atoms with Crippen molar-refractivity contribution in [1.29, 1.82) is 0 Å². The van der Waals surface area contributed by atoms with Crippen LogP contribution in [0.5, 0.6) is 0 Å². The van der Waals surface area contributed by atoms with E-state index in [1.165, 1.54) is 74.2 Å². The zero-order valence-electron chi connectivity index (χ0n) is 55.7. The molecule has 2 saturated heterocycles. The molecule has 0 unspecified atom stereocenters. The van der Waals surface area contributed by atoms with Crippen LogP contribution in [0.4, 0.5) is 79.3 Å². The van der Waals surface area contributed by atoms with Crippen LogP contribution in [0, 0.1) is 0 Å². The summed E-state index contributed by atoms with van der Waals surface area (Å²) in [4.78, 5) is 87.5. The fourth-order valence-corrected chi connectivity index (χ4v) is 14.6. The number of thiazole rings is 2. The van der Waals surface area contributed by atoms with Crippen LogP contribution >= 0.6 is 34.4 Å². The summed E-state index contributed by atoms with van der Waals surface area (Å²) >= 11 is 3.65. The highest BCUT2D eigenvalue weighted by Gasteiger charge is 2.26. The Labute approximate surface area is 592 Å². The first-order chi connectivity index (χ1) is 48.0. The number of nitrogens with one attached hydrogen (secondary N) is 4. The highest BCUT2D eigenvalue weighted by molar-refractivity contribution is 7.98. The molecule has 2 fully saturated rings. The van der Waals surface area contributed by atoms with Crippen molar-refractivity contribution in [3.63, 3.8) is 0 Å². The maximum absolute atomic E-state index is 13.8. The third-order valence-electron chi connectivity index (χ3n) is 16.2. The minimum atomic E-state index is -4.59. The number of thioether (sulfide) groups is 1. The predicted octanol–water partition coefficient (Wildman–Crippen LogP) is 14.8. The number of anilines is 10. The first-order valence-electron chi connectivity index (χ1n) is 32.4. The number of azo groups is 2. The molecule has 0 atom stereocenters. The Morgan fingerprint density at radius 1 is 0.530 bits per heavy atom. The molecule has 0 aliphatic carbocycles. The third-order valence-corrected chi connectivity index (χ3v) is 20.5. The molecule has 6 N–H and O–H groups in total. The van der Waals surface area contributed by atoms with Gasteiger partial charge < -0.3 is 40.9 Å². The molecular weight excluding hydrogens is 1380 g/mol. The molecule has 27 nitrogen and oxygen atoms in total. The number of benzene rings is 5. The number of nitrogens with zero attached hydrogens (tertiary/aromatic N) is 13. The van der Waals surface area contributed by atoms with Crippen molar-refractivity contribution in [2.75, 3.05) is 93.2 Å². The van der Waals surface area contributed by atoms with Gasteiger partial charge in [0.2, 0.25) is 22.2 Å². The summed E-state index contributed by atoms with van der Waals surface area (Å²) in [5.41, 5.74) is 4.13. The Bertz CT molecular complexity index is 4410. The van der Waals surface area contributed by atoms with Crippen LogP contribution in [0.15, 0.2) is 162 Å². The lowest BCUT2D eigenvalue weighted by atomic mass is 10.1. The van der Waals surface area contributed by atoms with Gasteiger partial charge >= 0.3 is 0 Å². The molecule has 522 valence electrons. The largest absolute Gasteiger partial charge is 0.372 e. The number of amides is 2. The highest BCUT2D eigenvalue weighted by atomic mass is 32.2. The first-order valence-corrected chi connectivity index (χ1v) is 37.9. The Morgan fingerprint density at radius 3 is 1.34 bits per heavy atom. The molecule has 2 amide bonds. The van der Waals surface area contributed by atoms with Gasteiger partial charge in [0, 0.05) is 80.9 Å². The van der Waals surface area contributed by atoms with Crippen molar-refractivity contribution in [1.82, 2.24) is 24.9 Å². The van der Waals surface area contributed by atoms with E-state index in [0.29, 0.717) is 107 Å². The molecule has 10 rings (SSSR count). The van der Waals surface area contributed by atoms with E-state index in [2.05, 4.69) is 78.8 Å². The molecule has 0 bridgehead atoms. The van der Waals surface area contributed by atoms with Gasteiger partial charge in [0.15, 0.2) is 16.7 Å².